The highest BCUT2D eigenvalue weighted by molar-refractivity contribution is 5.63. The van der Waals surface area contributed by atoms with Gasteiger partial charge in [0.25, 0.3) is 23.9 Å². The first-order chi connectivity index (χ1) is 11.3. The van der Waals surface area contributed by atoms with Crippen molar-refractivity contribution in [1.29, 1.82) is 0 Å². The molecular formula is C17H36O8. The summed E-state index contributed by atoms with van der Waals surface area (Å²) in [5.41, 5.74) is 0. The van der Waals surface area contributed by atoms with Crippen LogP contribution in [0, 0.1) is 0 Å². The molecule has 8 heteroatoms. The van der Waals surface area contributed by atoms with Crippen LogP contribution in [0.3, 0.4) is 0 Å². The second kappa shape index (κ2) is 33.5. The fraction of sp³-hybridized carbons (Fsp3) is 0.765. The van der Waals surface area contributed by atoms with Crippen LogP contribution in [-0.2, 0) is 19.2 Å². The number of hydrogen-bond donors (Lipinski definition) is 4. The van der Waals surface area contributed by atoms with Gasteiger partial charge in [0.05, 0.1) is 0 Å². The van der Waals surface area contributed by atoms with E-state index in [-0.39, 0.29) is 0 Å². The summed E-state index contributed by atoms with van der Waals surface area (Å²) in [6.07, 6.45) is 9.97. The standard InChI is InChI=1S/C9H20.4C2H4O2/c1-3-5-7-9-8-6-4-2;4*1-2(3)4/h3-9H2,1-2H3;4*1H3,(H,3,4). The van der Waals surface area contributed by atoms with Crippen molar-refractivity contribution in [3.8, 4) is 0 Å². The van der Waals surface area contributed by atoms with Crippen molar-refractivity contribution < 1.29 is 39.6 Å². The SMILES string of the molecule is CC(=O)O.CC(=O)O.CC(=O)O.CC(=O)O.CCCCCCCCC. The second-order valence-corrected chi connectivity index (χ2v) is 4.84. The highest BCUT2D eigenvalue weighted by atomic mass is 16.4. The normalized spacial score (nSPS) is 7.60. The maximum atomic E-state index is 9.00. The van der Waals surface area contributed by atoms with Gasteiger partial charge in [-0.25, -0.2) is 0 Å². The van der Waals surface area contributed by atoms with E-state index in [4.69, 9.17) is 39.6 Å². The first-order valence-electron chi connectivity index (χ1n) is 8.13. The molecule has 25 heavy (non-hydrogen) atoms. The Labute approximate surface area is 150 Å². The first kappa shape index (κ1) is 34.3. The minimum Gasteiger partial charge on any atom is -0.481 e. The van der Waals surface area contributed by atoms with Crippen molar-refractivity contribution in [3.05, 3.63) is 0 Å². The zero-order valence-electron chi connectivity index (χ0n) is 16.4. The molecule has 0 bridgehead atoms. The summed E-state index contributed by atoms with van der Waals surface area (Å²) in [6.45, 7) is 8.86. The van der Waals surface area contributed by atoms with Crippen molar-refractivity contribution in [2.24, 2.45) is 0 Å². The van der Waals surface area contributed by atoms with Gasteiger partial charge >= 0.3 is 0 Å². The summed E-state index contributed by atoms with van der Waals surface area (Å²) in [5.74, 6) is -3.33. The number of carboxylic acid groups (broad SMARTS) is 4. The van der Waals surface area contributed by atoms with E-state index in [0.717, 1.165) is 27.7 Å². The summed E-state index contributed by atoms with van der Waals surface area (Å²) in [7, 11) is 0. The Kier molecular flexibility index (Phi) is 45.9. The molecule has 0 rings (SSSR count). The summed E-state index contributed by atoms with van der Waals surface area (Å²) in [5, 5.41) is 29.7. The fourth-order valence-corrected chi connectivity index (χ4v) is 1.03. The van der Waals surface area contributed by atoms with E-state index in [9.17, 15) is 0 Å². The van der Waals surface area contributed by atoms with Crippen LogP contribution >= 0.6 is 0 Å². The monoisotopic (exact) mass is 368 g/mol. The third kappa shape index (κ3) is 574. The number of rotatable bonds is 6. The van der Waals surface area contributed by atoms with Crippen LogP contribution < -0.4 is 0 Å². The van der Waals surface area contributed by atoms with E-state index in [1.165, 1.54) is 44.9 Å². The maximum Gasteiger partial charge on any atom is 0.300 e. The van der Waals surface area contributed by atoms with Crippen LogP contribution in [0.5, 0.6) is 0 Å². The van der Waals surface area contributed by atoms with Crippen LogP contribution in [-0.4, -0.2) is 44.3 Å². The zero-order valence-corrected chi connectivity index (χ0v) is 16.4. The molecule has 0 spiro atoms. The van der Waals surface area contributed by atoms with Gasteiger partial charge in [0.15, 0.2) is 0 Å². The van der Waals surface area contributed by atoms with Crippen LogP contribution in [0.4, 0.5) is 0 Å². The Morgan fingerprint density at radius 3 is 0.720 bits per heavy atom. The van der Waals surface area contributed by atoms with Gasteiger partial charge in [-0.3, -0.25) is 19.2 Å². The lowest BCUT2D eigenvalue weighted by molar-refractivity contribution is -0.135. The molecule has 0 aliphatic carbocycles. The minimum absolute atomic E-state index is 0.833. The Morgan fingerprint density at radius 1 is 0.480 bits per heavy atom. The van der Waals surface area contributed by atoms with Crippen LogP contribution in [0.15, 0.2) is 0 Å². The molecule has 0 aromatic carbocycles. The van der Waals surface area contributed by atoms with Gasteiger partial charge in [-0.1, -0.05) is 58.8 Å². The molecule has 8 nitrogen and oxygen atoms in total. The molecule has 0 amide bonds. The molecule has 0 aromatic rings. The summed E-state index contributed by atoms with van der Waals surface area (Å²) >= 11 is 0. The highest BCUT2D eigenvalue weighted by Crippen LogP contribution is 2.05. The van der Waals surface area contributed by atoms with Crippen LogP contribution in [0.25, 0.3) is 0 Å². The predicted molar refractivity (Wildman–Crippen MR) is 96.9 cm³/mol. The molecule has 0 aliphatic heterocycles. The van der Waals surface area contributed by atoms with Gasteiger partial charge in [-0.2, -0.15) is 0 Å². The van der Waals surface area contributed by atoms with Crippen molar-refractivity contribution in [2.75, 3.05) is 0 Å². The number of aliphatic carboxylic acids is 4. The average Bonchev–Trinajstić information content (AvgIpc) is 2.36. The molecule has 0 radical (unpaired) electrons. The highest BCUT2D eigenvalue weighted by Gasteiger charge is 1.85. The Balaban J connectivity index is -0.0000000714. The molecule has 0 atom stereocenters. The van der Waals surface area contributed by atoms with Gasteiger partial charge < -0.3 is 20.4 Å². The lowest BCUT2D eigenvalue weighted by atomic mass is 10.1. The molecule has 152 valence electrons. The lowest BCUT2D eigenvalue weighted by Gasteiger charge is -1.96. The summed E-state index contributed by atoms with van der Waals surface area (Å²) in [4.78, 5) is 36.0. The van der Waals surface area contributed by atoms with Gasteiger partial charge in [0.2, 0.25) is 0 Å². The minimum atomic E-state index is -0.833. The van der Waals surface area contributed by atoms with E-state index in [1.807, 2.05) is 0 Å². The molecule has 0 saturated heterocycles. The van der Waals surface area contributed by atoms with Gasteiger partial charge in [0.1, 0.15) is 0 Å². The number of hydrogen-bond acceptors (Lipinski definition) is 4. The molecule has 0 heterocycles. The summed E-state index contributed by atoms with van der Waals surface area (Å²) in [6, 6.07) is 0. The number of unbranched alkanes of at least 4 members (excludes halogenated alkanes) is 6. The molecular weight excluding hydrogens is 332 g/mol. The second-order valence-electron chi connectivity index (χ2n) is 4.84. The van der Waals surface area contributed by atoms with E-state index >= 15 is 0 Å². The van der Waals surface area contributed by atoms with Crippen LogP contribution in [0.1, 0.15) is 86.5 Å². The Morgan fingerprint density at radius 2 is 0.600 bits per heavy atom. The molecule has 0 saturated carbocycles. The van der Waals surface area contributed by atoms with Gasteiger partial charge in [0, 0.05) is 27.7 Å². The first-order valence-corrected chi connectivity index (χ1v) is 8.13. The van der Waals surface area contributed by atoms with E-state index in [0.29, 0.717) is 0 Å². The molecule has 0 unspecified atom stereocenters. The molecule has 0 aromatic heterocycles. The number of carboxylic acids is 4. The largest absolute Gasteiger partial charge is 0.481 e. The van der Waals surface area contributed by atoms with Crippen molar-refractivity contribution in [1.82, 2.24) is 0 Å². The quantitative estimate of drug-likeness (QED) is 0.511. The van der Waals surface area contributed by atoms with E-state index in [2.05, 4.69) is 13.8 Å². The Bertz CT molecular complexity index is 244. The van der Waals surface area contributed by atoms with Gasteiger partial charge in [-0.05, 0) is 0 Å². The zero-order chi connectivity index (χ0) is 21.3. The maximum absolute atomic E-state index is 9.00. The smallest absolute Gasteiger partial charge is 0.300 e. The summed E-state index contributed by atoms with van der Waals surface area (Å²) < 4.78 is 0. The average molecular weight is 368 g/mol. The Hall–Kier alpha value is -2.12. The lowest BCUT2D eigenvalue weighted by Crippen LogP contribution is -1.78. The third-order valence-corrected chi connectivity index (χ3v) is 1.71. The third-order valence-electron chi connectivity index (χ3n) is 1.71. The van der Waals surface area contributed by atoms with Crippen molar-refractivity contribution >= 4 is 23.9 Å². The molecule has 0 aliphatic rings. The van der Waals surface area contributed by atoms with Gasteiger partial charge in [-0.15, -0.1) is 0 Å². The van der Waals surface area contributed by atoms with E-state index in [1.54, 1.807) is 0 Å². The molecule has 0 fully saturated rings. The van der Waals surface area contributed by atoms with Crippen LogP contribution in [0.2, 0.25) is 0 Å². The topological polar surface area (TPSA) is 149 Å². The number of carbonyl (C=O) groups is 4. The van der Waals surface area contributed by atoms with E-state index < -0.39 is 23.9 Å². The molecule has 4 N–H and O–H groups in total. The predicted octanol–water partition coefficient (Wildman–Crippen LogP) is 4.12. The fourth-order valence-electron chi connectivity index (χ4n) is 1.03. The van der Waals surface area contributed by atoms with Crippen molar-refractivity contribution in [2.45, 2.75) is 86.5 Å². The van der Waals surface area contributed by atoms with Crippen molar-refractivity contribution in [3.63, 3.8) is 0 Å².